The number of hydrogen-bond donors (Lipinski definition) is 0. The Hall–Kier alpha value is -5.14. The van der Waals surface area contributed by atoms with Gasteiger partial charge in [-0.1, -0.05) is 121 Å². The van der Waals surface area contributed by atoms with E-state index in [4.69, 9.17) is 4.74 Å². The van der Waals surface area contributed by atoms with Crippen LogP contribution in [0.1, 0.15) is 0 Å². The molecule has 0 unspecified atom stereocenters. The molecule has 7 aromatic carbocycles. The minimum atomic E-state index is 0.899. The van der Waals surface area contributed by atoms with Crippen LogP contribution in [0.25, 0.3) is 66.1 Å². The summed E-state index contributed by atoms with van der Waals surface area (Å²) in [7, 11) is 0. The first-order chi connectivity index (χ1) is 19.3. The Bertz CT molecular complexity index is 2020. The molecule has 0 aromatic heterocycles. The molecule has 1 heteroatoms. The molecule has 182 valence electrons. The van der Waals surface area contributed by atoms with Crippen LogP contribution in [0.15, 0.2) is 146 Å². The van der Waals surface area contributed by atoms with Crippen molar-refractivity contribution < 1.29 is 4.74 Å². The molecule has 1 aliphatic rings. The Balaban J connectivity index is 1.39. The second-order valence-electron chi connectivity index (χ2n) is 10.1. The molecule has 8 rings (SSSR count). The second kappa shape index (κ2) is 8.72. The predicted molar refractivity (Wildman–Crippen MR) is 163 cm³/mol. The van der Waals surface area contributed by atoms with Crippen LogP contribution in [0.5, 0.6) is 11.5 Å². The monoisotopic (exact) mass is 496 g/mol. The van der Waals surface area contributed by atoms with Crippen molar-refractivity contribution in [3.63, 3.8) is 0 Å². The molecular formula is C38H24O. The van der Waals surface area contributed by atoms with Crippen molar-refractivity contribution in [1.29, 1.82) is 0 Å². The molecule has 0 radical (unpaired) electrons. The lowest BCUT2D eigenvalue weighted by atomic mass is 9.87. The van der Waals surface area contributed by atoms with Crippen LogP contribution in [0.3, 0.4) is 0 Å². The molecule has 1 nitrogen and oxygen atoms in total. The smallest absolute Gasteiger partial charge is 0.135 e. The van der Waals surface area contributed by atoms with Crippen LogP contribution in [0, 0.1) is 0 Å². The average Bonchev–Trinajstić information content (AvgIpc) is 3.01. The van der Waals surface area contributed by atoms with Gasteiger partial charge in [0.05, 0.1) is 0 Å². The van der Waals surface area contributed by atoms with E-state index in [9.17, 15) is 0 Å². The third-order valence-corrected chi connectivity index (χ3v) is 7.87. The molecule has 0 bridgehead atoms. The van der Waals surface area contributed by atoms with E-state index in [0.717, 1.165) is 17.1 Å². The summed E-state index contributed by atoms with van der Waals surface area (Å²) in [4.78, 5) is 0. The molecular weight excluding hydrogens is 472 g/mol. The molecule has 0 aliphatic carbocycles. The van der Waals surface area contributed by atoms with Crippen molar-refractivity contribution in [3.8, 4) is 56.0 Å². The van der Waals surface area contributed by atoms with E-state index in [1.165, 1.54) is 60.5 Å². The van der Waals surface area contributed by atoms with Crippen molar-refractivity contribution in [2.75, 3.05) is 0 Å². The van der Waals surface area contributed by atoms with Crippen LogP contribution in [0.2, 0.25) is 0 Å². The molecule has 7 aromatic rings. The van der Waals surface area contributed by atoms with E-state index < -0.39 is 0 Å². The van der Waals surface area contributed by atoms with Gasteiger partial charge in [0.2, 0.25) is 0 Å². The van der Waals surface area contributed by atoms with E-state index in [2.05, 4.69) is 146 Å². The summed E-state index contributed by atoms with van der Waals surface area (Å²) in [5, 5.41) is 4.88. The average molecular weight is 497 g/mol. The molecule has 0 spiro atoms. The van der Waals surface area contributed by atoms with Crippen molar-refractivity contribution in [2.24, 2.45) is 0 Å². The maximum Gasteiger partial charge on any atom is 0.135 e. The van der Waals surface area contributed by atoms with E-state index in [-0.39, 0.29) is 0 Å². The van der Waals surface area contributed by atoms with E-state index in [1.807, 2.05) is 0 Å². The molecule has 39 heavy (non-hydrogen) atoms. The van der Waals surface area contributed by atoms with Gasteiger partial charge in [-0.3, -0.25) is 0 Å². The summed E-state index contributed by atoms with van der Waals surface area (Å²) in [6.07, 6.45) is 0. The number of ether oxygens (including phenoxy) is 1. The molecule has 0 fully saturated rings. The van der Waals surface area contributed by atoms with Crippen LogP contribution in [-0.2, 0) is 0 Å². The molecule has 0 saturated heterocycles. The SMILES string of the molecule is c1ccc(-c2ccc(-c3cccc4ccccc34)c(-c3ccc4c(c3)-c3cccc5cccc(c35)O4)c2)cc1. The van der Waals surface area contributed by atoms with E-state index >= 15 is 0 Å². The molecule has 1 aliphatic heterocycles. The highest BCUT2D eigenvalue weighted by atomic mass is 16.5. The highest BCUT2D eigenvalue weighted by Gasteiger charge is 2.21. The lowest BCUT2D eigenvalue weighted by Gasteiger charge is -2.22. The van der Waals surface area contributed by atoms with Gasteiger partial charge in [-0.15, -0.1) is 0 Å². The zero-order valence-corrected chi connectivity index (χ0v) is 21.3. The fraction of sp³-hybridized carbons (Fsp3) is 0. The van der Waals surface area contributed by atoms with E-state index in [0.29, 0.717) is 0 Å². The number of fused-ring (bicyclic) bond motifs is 3. The maximum absolute atomic E-state index is 6.41. The summed E-state index contributed by atoms with van der Waals surface area (Å²) < 4.78 is 6.41. The topological polar surface area (TPSA) is 9.23 Å². The number of benzene rings is 7. The minimum absolute atomic E-state index is 0.899. The van der Waals surface area contributed by atoms with Crippen molar-refractivity contribution in [2.45, 2.75) is 0 Å². The lowest BCUT2D eigenvalue weighted by molar-refractivity contribution is 0.487. The van der Waals surface area contributed by atoms with Gasteiger partial charge < -0.3 is 4.74 Å². The summed E-state index contributed by atoms with van der Waals surface area (Å²) >= 11 is 0. The van der Waals surface area contributed by atoms with E-state index in [1.54, 1.807) is 0 Å². The van der Waals surface area contributed by atoms with Crippen molar-refractivity contribution in [1.82, 2.24) is 0 Å². The second-order valence-corrected chi connectivity index (χ2v) is 10.1. The Labute approximate surface area is 227 Å². The largest absolute Gasteiger partial charge is 0.456 e. The summed E-state index contributed by atoms with van der Waals surface area (Å²) in [5.41, 5.74) is 9.61. The zero-order valence-electron chi connectivity index (χ0n) is 21.3. The van der Waals surface area contributed by atoms with Gasteiger partial charge in [0.25, 0.3) is 0 Å². The zero-order chi connectivity index (χ0) is 25.8. The highest BCUT2D eigenvalue weighted by Crippen LogP contribution is 2.48. The van der Waals surface area contributed by atoms with Gasteiger partial charge in [-0.25, -0.2) is 0 Å². The molecule has 0 saturated carbocycles. The number of hydrogen-bond acceptors (Lipinski definition) is 1. The predicted octanol–water partition coefficient (Wildman–Crippen LogP) is 10.8. The Morgan fingerprint density at radius 3 is 1.92 bits per heavy atom. The molecule has 0 N–H and O–H groups in total. The first-order valence-electron chi connectivity index (χ1n) is 13.4. The Kier molecular flexibility index (Phi) is 4.89. The lowest BCUT2D eigenvalue weighted by Crippen LogP contribution is -1.97. The Morgan fingerprint density at radius 2 is 1.03 bits per heavy atom. The van der Waals surface area contributed by atoms with Gasteiger partial charge in [-0.2, -0.15) is 0 Å². The first kappa shape index (κ1) is 21.9. The van der Waals surface area contributed by atoms with Crippen LogP contribution in [0.4, 0.5) is 0 Å². The maximum atomic E-state index is 6.41. The normalized spacial score (nSPS) is 11.8. The fourth-order valence-corrected chi connectivity index (χ4v) is 6.02. The van der Waals surface area contributed by atoms with Gasteiger partial charge >= 0.3 is 0 Å². The minimum Gasteiger partial charge on any atom is -0.456 e. The van der Waals surface area contributed by atoms with Crippen molar-refractivity contribution in [3.05, 3.63) is 146 Å². The van der Waals surface area contributed by atoms with Crippen LogP contribution in [-0.4, -0.2) is 0 Å². The molecule has 0 amide bonds. The number of rotatable bonds is 3. The van der Waals surface area contributed by atoms with Gasteiger partial charge in [0.15, 0.2) is 0 Å². The summed E-state index contributed by atoms with van der Waals surface area (Å²) in [5.74, 6) is 1.82. The standard InChI is InChI=1S/C38H24O/c1-2-9-25(10-3-1)28-19-21-32(31-16-6-12-26-11-4-5-15-30(26)31)34(23-28)29-20-22-36-35(24-29)33-17-7-13-27-14-8-18-37(39-36)38(27)33/h1-24H. The first-order valence-corrected chi connectivity index (χ1v) is 13.4. The van der Waals surface area contributed by atoms with Crippen LogP contribution < -0.4 is 4.74 Å². The third kappa shape index (κ3) is 3.55. The quantitative estimate of drug-likeness (QED) is 0.236. The third-order valence-electron chi connectivity index (χ3n) is 7.87. The van der Waals surface area contributed by atoms with Crippen LogP contribution >= 0.6 is 0 Å². The highest BCUT2D eigenvalue weighted by molar-refractivity contribution is 6.06. The van der Waals surface area contributed by atoms with Gasteiger partial charge in [0.1, 0.15) is 11.5 Å². The van der Waals surface area contributed by atoms with Crippen molar-refractivity contribution >= 4 is 21.5 Å². The summed E-state index contributed by atoms with van der Waals surface area (Å²) in [6, 6.07) is 52.1. The Morgan fingerprint density at radius 1 is 0.333 bits per heavy atom. The molecule has 0 atom stereocenters. The summed E-state index contributed by atoms with van der Waals surface area (Å²) in [6.45, 7) is 0. The molecule has 1 heterocycles. The van der Waals surface area contributed by atoms with Gasteiger partial charge in [-0.05, 0) is 79.4 Å². The van der Waals surface area contributed by atoms with Gasteiger partial charge in [0, 0.05) is 10.9 Å². The fourth-order valence-electron chi connectivity index (χ4n) is 6.02.